The zero-order valence-electron chi connectivity index (χ0n) is 18.6. The number of piperidine rings is 1. The van der Waals surface area contributed by atoms with Gasteiger partial charge in [0.05, 0.1) is 25.0 Å². The summed E-state index contributed by atoms with van der Waals surface area (Å²) in [6.45, 7) is 6.32. The number of hydrogen-bond donors (Lipinski definition) is 0. The van der Waals surface area contributed by atoms with E-state index in [0.717, 1.165) is 16.7 Å². The Morgan fingerprint density at radius 2 is 1.55 bits per heavy atom. The van der Waals surface area contributed by atoms with Crippen molar-refractivity contribution in [2.45, 2.75) is 38.5 Å². The van der Waals surface area contributed by atoms with Crippen molar-refractivity contribution in [1.82, 2.24) is 4.31 Å². The number of methoxy groups -OCH3 is 2. The van der Waals surface area contributed by atoms with Crippen LogP contribution in [0.15, 0.2) is 35.2 Å². The van der Waals surface area contributed by atoms with Gasteiger partial charge in [-0.15, -0.1) is 0 Å². The Bertz CT molecular complexity index is 1070. The van der Waals surface area contributed by atoms with E-state index in [-0.39, 0.29) is 29.9 Å². The van der Waals surface area contributed by atoms with E-state index in [1.807, 2.05) is 32.9 Å². The summed E-state index contributed by atoms with van der Waals surface area (Å²) < 4.78 is 43.7. The Hall–Kier alpha value is -2.58. The highest BCUT2D eigenvalue weighted by molar-refractivity contribution is 7.89. The van der Waals surface area contributed by atoms with Gasteiger partial charge >= 0.3 is 5.97 Å². The van der Waals surface area contributed by atoms with Gasteiger partial charge in [-0.2, -0.15) is 4.31 Å². The van der Waals surface area contributed by atoms with Crippen molar-refractivity contribution in [3.8, 4) is 17.2 Å². The Morgan fingerprint density at radius 1 is 0.935 bits per heavy atom. The second-order valence-corrected chi connectivity index (χ2v) is 9.71. The predicted molar refractivity (Wildman–Crippen MR) is 117 cm³/mol. The zero-order valence-corrected chi connectivity index (χ0v) is 19.4. The first-order chi connectivity index (χ1) is 14.7. The van der Waals surface area contributed by atoms with Crippen LogP contribution in [0.4, 0.5) is 0 Å². The number of nitrogens with zero attached hydrogens (tertiary/aromatic N) is 1. The lowest BCUT2D eigenvalue weighted by molar-refractivity contribution is -0.140. The number of carbonyl (C=O) groups excluding carboxylic acids is 1. The van der Waals surface area contributed by atoms with Crippen LogP contribution in [-0.4, -0.2) is 46.0 Å². The average molecular weight is 448 g/mol. The van der Waals surface area contributed by atoms with Crippen LogP contribution in [0.5, 0.6) is 17.2 Å². The quantitative estimate of drug-likeness (QED) is 0.497. The van der Waals surface area contributed by atoms with Crippen LogP contribution in [0.3, 0.4) is 0 Å². The predicted octanol–water partition coefficient (Wildman–Crippen LogP) is 3.64. The summed E-state index contributed by atoms with van der Waals surface area (Å²) in [5.41, 5.74) is 2.91. The minimum absolute atomic E-state index is 0.136. The highest BCUT2D eigenvalue weighted by Gasteiger charge is 2.33. The molecule has 1 heterocycles. The molecule has 31 heavy (non-hydrogen) atoms. The molecule has 2 aromatic rings. The lowest BCUT2D eigenvalue weighted by atomic mass is 9.98. The Kier molecular flexibility index (Phi) is 6.91. The fourth-order valence-electron chi connectivity index (χ4n) is 3.72. The van der Waals surface area contributed by atoms with E-state index in [2.05, 4.69) is 0 Å². The molecule has 7 nitrogen and oxygen atoms in total. The van der Waals surface area contributed by atoms with E-state index in [1.54, 1.807) is 6.07 Å². The molecule has 1 fully saturated rings. The number of hydrogen-bond acceptors (Lipinski definition) is 6. The molecule has 0 amide bonds. The number of sulfonamides is 1. The topological polar surface area (TPSA) is 82.1 Å². The average Bonchev–Trinajstić information content (AvgIpc) is 2.78. The molecule has 1 aliphatic rings. The lowest BCUT2D eigenvalue weighted by Gasteiger charge is -2.30. The standard InChI is InChI=1S/C23H29NO6S/c1-15-6-7-16(2)22(17(15)3)30-23(25)18-10-12-24(13-11-18)31(26,27)19-8-9-20(28-4)21(14-19)29-5/h6-9,14,18H,10-13H2,1-5H3. The van der Waals surface area contributed by atoms with Crippen molar-refractivity contribution in [3.05, 3.63) is 47.0 Å². The number of carbonyl (C=O) groups is 1. The van der Waals surface area contributed by atoms with Crippen LogP contribution >= 0.6 is 0 Å². The summed E-state index contributed by atoms with van der Waals surface area (Å²) >= 11 is 0. The van der Waals surface area contributed by atoms with Gasteiger partial charge in [0.15, 0.2) is 11.5 Å². The summed E-state index contributed by atoms with van der Waals surface area (Å²) in [6.07, 6.45) is 0.824. The normalized spacial score (nSPS) is 15.5. The molecule has 0 atom stereocenters. The second kappa shape index (κ2) is 9.28. The zero-order chi connectivity index (χ0) is 22.8. The molecular formula is C23H29NO6S. The van der Waals surface area contributed by atoms with Gasteiger partial charge in [0.1, 0.15) is 5.75 Å². The van der Waals surface area contributed by atoms with Gasteiger partial charge in [-0.3, -0.25) is 4.79 Å². The van der Waals surface area contributed by atoms with Crippen LogP contribution in [0.2, 0.25) is 0 Å². The van der Waals surface area contributed by atoms with Crippen molar-refractivity contribution < 1.29 is 27.4 Å². The van der Waals surface area contributed by atoms with E-state index in [1.165, 1.54) is 30.7 Å². The first-order valence-corrected chi connectivity index (χ1v) is 11.6. The number of aryl methyl sites for hydroxylation is 2. The van der Waals surface area contributed by atoms with Crippen LogP contribution in [0, 0.1) is 26.7 Å². The third-order valence-electron chi connectivity index (χ3n) is 5.86. The maximum Gasteiger partial charge on any atom is 0.314 e. The molecule has 0 bridgehead atoms. The van der Waals surface area contributed by atoms with Crippen LogP contribution in [-0.2, 0) is 14.8 Å². The number of ether oxygens (including phenoxy) is 3. The van der Waals surface area contributed by atoms with Crippen LogP contribution in [0.1, 0.15) is 29.5 Å². The lowest BCUT2D eigenvalue weighted by Crippen LogP contribution is -2.41. The first-order valence-electron chi connectivity index (χ1n) is 10.2. The van der Waals surface area contributed by atoms with Crippen molar-refractivity contribution in [2.24, 2.45) is 5.92 Å². The molecule has 2 aromatic carbocycles. The summed E-state index contributed by atoms with van der Waals surface area (Å²) in [5, 5.41) is 0. The fourth-order valence-corrected chi connectivity index (χ4v) is 5.21. The van der Waals surface area contributed by atoms with Crippen molar-refractivity contribution in [3.63, 3.8) is 0 Å². The monoisotopic (exact) mass is 447 g/mol. The van der Waals surface area contributed by atoms with Crippen LogP contribution in [0.25, 0.3) is 0 Å². The van der Waals surface area contributed by atoms with Gasteiger partial charge < -0.3 is 14.2 Å². The Balaban J connectivity index is 1.69. The minimum atomic E-state index is -3.70. The maximum atomic E-state index is 13.1. The molecule has 0 N–H and O–H groups in total. The third-order valence-corrected chi connectivity index (χ3v) is 7.75. The molecule has 0 aliphatic carbocycles. The molecule has 1 aliphatic heterocycles. The third kappa shape index (κ3) is 4.70. The molecule has 0 radical (unpaired) electrons. The van der Waals surface area contributed by atoms with Gasteiger partial charge in [-0.25, -0.2) is 8.42 Å². The van der Waals surface area contributed by atoms with E-state index < -0.39 is 10.0 Å². The van der Waals surface area contributed by atoms with E-state index in [9.17, 15) is 13.2 Å². The van der Waals surface area contributed by atoms with Gasteiger partial charge in [0.2, 0.25) is 10.0 Å². The first kappa shape index (κ1) is 23.1. The Labute approximate surface area is 184 Å². The van der Waals surface area contributed by atoms with Crippen LogP contribution < -0.4 is 14.2 Å². The molecule has 0 saturated carbocycles. The molecule has 1 saturated heterocycles. The molecular weight excluding hydrogens is 418 g/mol. The van der Waals surface area contributed by atoms with E-state index in [4.69, 9.17) is 14.2 Å². The number of esters is 1. The highest BCUT2D eigenvalue weighted by atomic mass is 32.2. The van der Waals surface area contributed by atoms with E-state index in [0.29, 0.717) is 30.1 Å². The second-order valence-electron chi connectivity index (χ2n) is 7.77. The molecule has 168 valence electrons. The minimum Gasteiger partial charge on any atom is -0.493 e. The fraction of sp³-hybridized carbons (Fsp3) is 0.435. The molecule has 0 spiro atoms. The number of rotatable bonds is 6. The largest absolute Gasteiger partial charge is 0.493 e. The van der Waals surface area contributed by atoms with Crippen molar-refractivity contribution in [2.75, 3.05) is 27.3 Å². The summed E-state index contributed by atoms with van der Waals surface area (Å²) in [5.74, 6) is 0.775. The molecule has 0 unspecified atom stereocenters. The van der Waals surface area contributed by atoms with E-state index >= 15 is 0 Å². The smallest absolute Gasteiger partial charge is 0.314 e. The van der Waals surface area contributed by atoms with Gasteiger partial charge in [-0.05, 0) is 62.4 Å². The summed E-state index contributed by atoms with van der Waals surface area (Å²) in [7, 11) is -0.744. The van der Waals surface area contributed by atoms with Crippen molar-refractivity contribution in [1.29, 1.82) is 0 Å². The van der Waals surface area contributed by atoms with Crippen molar-refractivity contribution >= 4 is 16.0 Å². The number of benzene rings is 2. The molecule has 8 heteroatoms. The van der Waals surface area contributed by atoms with Gasteiger partial charge in [-0.1, -0.05) is 12.1 Å². The molecule has 3 rings (SSSR count). The Morgan fingerprint density at radius 3 is 2.16 bits per heavy atom. The van der Waals surface area contributed by atoms with Gasteiger partial charge in [0, 0.05) is 19.2 Å². The molecule has 0 aromatic heterocycles. The SMILES string of the molecule is COc1ccc(S(=O)(=O)N2CCC(C(=O)Oc3c(C)ccc(C)c3C)CC2)cc1OC. The summed E-state index contributed by atoms with van der Waals surface area (Å²) in [4.78, 5) is 12.9. The maximum absolute atomic E-state index is 13.1. The summed E-state index contributed by atoms with van der Waals surface area (Å²) in [6, 6.07) is 8.46. The van der Waals surface area contributed by atoms with Gasteiger partial charge in [0.25, 0.3) is 0 Å². The highest BCUT2D eigenvalue weighted by Crippen LogP contribution is 2.33.